The molecule has 5 nitrogen and oxygen atoms in total. The molecular weight excluding hydrogens is 264 g/mol. The van der Waals surface area contributed by atoms with E-state index in [4.69, 9.17) is 5.11 Å². The topological polar surface area (TPSA) is 78.4 Å². The van der Waals surface area contributed by atoms with Crippen molar-refractivity contribution in [3.05, 3.63) is 21.9 Å². The lowest BCUT2D eigenvalue weighted by Gasteiger charge is -2.04. The molecule has 0 aliphatic carbocycles. The Hall–Kier alpha value is -1.84. The van der Waals surface area contributed by atoms with Gasteiger partial charge in [0.1, 0.15) is 11.5 Å². The Balaban J connectivity index is 2.50. The molecule has 0 aliphatic rings. The zero-order valence-electron chi connectivity index (χ0n) is 10.7. The summed E-state index contributed by atoms with van der Waals surface area (Å²) in [5, 5.41) is 15.7. The Labute approximate surface area is 116 Å². The number of rotatable bonds is 5. The van der Waals surface area contributed by atoms with E-state index in [-0.39, 0.29) is 31.4 Å². The van der Waals surface area contributed by atoms with Gasteiger partial charge < -0.3 is 15.7 Å². The Morgan fingerprint density at radius 2 is 2.21 bits per heavy atom. The van der Waals surface area contributed by atoms with Crippen LogP contribution in [0.15, 0.2) is 11.4 Å². The standard InChI is InChI=1S/C13H16N2O3S/c1-2-14-11(17)5-7-15-13(18)12-10(4-3-8-16)6-9-19-12/h6,9,16H,2,5,7-8H2,1H3,(H,14,17)(H,15,18). The molecule has 1 aromatic rings. The second-order valence-corrected chi connectivity index (χ2v) is 4.50. The lowest BCUT2D eigenvalue weighted by Crippen LogP contribution is -2.30. The van der Waals surface area contributed by atoms with Crippen LogP contribution >= 0.6 is 11.3 Å². The molecule has 0 radical (unpaired) electrons. The van der Waals surface area contributed by atoms with Gasteiger partial charge in [-0.05, 0) is 18.4 Å². The number of carbonyl (C=O) groups is 2. The van der Waals surface area contributed by atoms with E-state index >= 15 is 0 Å². The second kappa shape index (κ2) is 8.29. The van der Waals surface area contributed by atoms with Gasteiger partial charge in [-0.2, -0.15) is 0 Å². The van der Waals surface area contributed by atoms with Gasteiger partial charge in [0.15, 0.2) is 0 Å². The van der Waals surface area contributed by atoms with Crippen LogP contribution in [0.5, 0.6) is 0 Å². The predicted molar refractivity (Wildman–Crippen MR) is 73.9 cm³/mol. The minimum atomic E-state index is -0.249. The molecular formula is C13H16N2O3S. The van der Waals surface area contributed by atoms with Crippen molar-refractivity contribution in [2.45, 2.75) is 13.3 Å². The van der Waals surface area contributed by atoms with E-state index in [0.717, 1.165) is 0 Å². The van der Waals surface area contributed by atoms with Gasteiger partial charge in [0, 0.05) is 25.1 Å². The summed E-state index contributed by atoms with van der Waals surface area (Å²) < 4.78 is 0. The van der Waals surface area contributed by atoms with E-state index in [1.807, 2.05) is 6.92 Å². The largest absolute Gasteiger partial charge is 0.384 e. The summed E-state index contributed by atoms with van der Waals surface area (Å²) in [7, 11) is 0. The van der Waals surface area contributed by atoms with Crippen molar-refractivity contribution in [3.8, 4) is 11.8 Å². The zero-order valence-corrected chi connectivity index (χ0v) is 11.5. The van der Waals surface area contributed by atoms with Crippen LogP contribution in [0.3, 0.4) is 0 Å². The minimum absolute atomic E-state index is 0.0886. The average molecular weight is 280 g/mol. The molecule has 3 N–H and O–H groups in total. The highest BCUT2D eigenvalue weighted by Crippen LogP contribution is 2.15. The molecule has 0 spiro atoms. The number of thiophene rings is 1. The molecule has 19 heavy (non-hydrogen) atoms. The maximum atomic E-state index is 11.9. The number of aliphatic hydroxyl groups excluding tert-OH is 1. The molecule has 0 aliphatic heterocycles. The Morgan fingerprint density at radius 3 is 2.89 bits per heavy atom. The van der Waals surface area contributed by atoms with Gasteiger partial charge >= 0.3 is 0 Å². The van der Waals surface area contributed by atoms with Gasteiger partial charge in [0.05, 0.1) is 0 Å². The van der Waals surface area contributed by atoms with Crippen LogP contribution in [0, 0.1) is 11.8 Å². The Bertz CT molecular complexity index is 499. The van der Waals surface area contributed by atoms with Crippen molar-refractivity contribution in [1.29, 1.82) is 0 Å². The minimum Gasteiger partial charge on any atom is -0.384 e. The first-order chi connectivity index (χ1) is 9.19. The molecule has 0 unspecified atom stereocenters. The third-order valence-electron chi connectivity index (χ3n) is 2.19. The van der Waals surface area contributed by atoms with Crippen molar-refractivity contribution in [2.75, 3.05) is 19.7 Å². The summed E-state index contributed by atoms with van der Waals surface area (Å²) in [5.74, 6) is 4.88. The quantitative estimate of drug-likeness (QED) is 0.681. The summed E-state index contributed by atoms with van der Waals surface area (Å²) in [6, 6.07) is 1.73. The maximum absolute atomic E-state index is 11.9. The fraction of sp³-hybridized carbons (Fsp3) is 0.385. The van der Waals surface area contributed by atoms with Gasteiger partial charge in [0.25, 0.3) is 5.91 Å². The van der Waals surface area contributed by atoms with E-state index in [1.165, 1.54) is 11.3 Å². The van der Waals surface area contributed by atoms with E-state index in [2.05, 4.69) is 22.5 Å². The molecule has 6 heteroatoms. The molecule has 1 aromatic heterocycles. The number of aliphatic hydroxyl groups is 1. The lowest BCUT2D eigenvalue weighted by molar-refractivity contribution is -0.120. The van der Waals surface area contributed by atoms with E-state index in [1.54, 1.807) is 11.4 Å². The van der Waals surface area contributed by atoms with Crippen LogP contribution in [0.2, 0.25) is 0 Å². The molecule has 1 heterocycles. The molecule has 0 bridgehead atoms. The van der Waals surface area contributed by atoms with Crippen LogP contribution in [0.25, 0.3) is 0 Å². The van der Waals surface area contributed by atoms with Crippen molar-refractivity contribution in [1.82, 2.24) is 10.6 Å². The average Bonchev–Trinajstić information content (AvgIpc) is 2.84. The first-order valence-corrected chi connectivity index (χ1v) is 6.79. The van der Waals surface area contributed by atoms with Crippen molar-refractivity contribution >= 4 is 23.2 Å². The fourth-order valence-electron chi connectivity index (χ4n) is 1.37. The summed E-state index contributed by atoms with van der Waals surface area (Å²) in [4.78, 5) is 23.6. The zero-order chi connectivity index (χ0) is 14.1. The Morgan fingerprint density at radius 1 is 1.42 bits per heavy atom. The van der Waals surface area contributed by atoms with Crippen LogP contribution in [0.4, 0.5) is 0 Å². The summed E-state index contributed by atoms with van der Waals surface area (Å²) in [6.45, 7) is 2.47. The van der Waals surface area contributed by atoms with Gasteiger partial charge in [-0.1, -0.05) is 11.8 Å². The monoisotopic (exact) mass is 280 g/mol. The number of amides is 2. The van der Waals surface area contributed by atoms with Crippen molar-refractivity contribution < 1.29 is 14.7 Å². The first kappa shape index (κ1) is 15.2. The maximum Gasteiger partial charge on any atom is 0.262 e. The summed E-state index contributed by atoms with van der Waals surface area (Å²) >= 11 is 1.28. The number of nitrogens with one attached hydrogen (secondary N) is 2. The molecule has 102 valence electrons. The molecule has 0 saturated carbocycles. The molecule has 0 saturated heterocycles. The van der Waals surface area contributed by atoms with Crippen LogP contribution in [0.1, 0.15) is 28.6 Å². The summed E-state index contributed by atoms with van der Waals surface area (Å²) in [6.07, 6.45) is 0.253. The third-order valence-corrected chi connectivity index (χ3v) is 3.10. The van der Waals surface area contributed by atoms with Gasteiger partial charge in [0.2, 0.25) is 5.91 Å². The molecule has 2 amide bonds. The van der Waals surface area contributed by atoms with Crippen molar-refractivity contribution in [2.24, 2.45) is 0 Å². The lowest BCUT2D eigenvalue weighted by atomic mass is 10.2. The highest BCUT2D eigenvalue weighted by molar-refractivity contribution is 7.12. The molecule has 0 fully saturated rings. The van der Waals surface area contributed by atoms with E-state index in [9.17, 15) is 9.59 Å². The molecule has 1 rings (SSSR count). The normalized spacial score (nSPS) is 9.37. The van der Waals surface area contributed by atoms with Gasteiger partial charge in [-0.15, -0.1) is 11.3 Å². The SMILES string of the molecule is CCNC(=O)CCNC(=O)c1sccc1C#CCO. The van der Waals surface area contributed by atoms with Crippen molar-refractivity contribution in [3.63, 3.8) is 0 Å². The smallest absolute Gasteiger partial charge is 0.262 e. The first-order valence-electron chi connectivity index (χ1n) is 5.91. The molecule has 0 atom stereocenters. The van der Waals surface area contributed by atoms with E-state index in [0.29, 0.717) is 17.0 Å². The summed E-state index contributed by atoms with van der Waals surface area (Å²) in [5.41, 5.74) is 0.592. The van der Waals surface area contributed by atoms with Crippen LogP contribution < -0.4 is 10.6 Å². The Kier molecular flexibility index (Phi) is 6.64. The highest BCUT2D eigenvalue weighted by atomic mass is 32.1. The van der Waals surface area contributed by atoms with Crippen LogP contribution in [-0.2, 0) is 4.79 Å². The molecule has 0 aromatic carbocycles. The number of hydrogen-bond donors (Lipinski definition) is 3. The second-order valence-electron chi connectivity index (χ2n) is 3.58. The van der Waals surface area contributed by atoms with Gasteiger partial charge in [-0.25, -0.2) is 0 Å². The van der Waals surface area contributed by atoms with E-state index < -0.39 is 0 Å². The van der Waals surface area contributed by atoms with Crippen LogP contribution in [-0.4, -0.2) is 36.6 Å². The third kappa shape index (κ3) is 5.12. The highest BCUT2D eigenvalue weighted by Gasteiger charge is 2.11. The number of carbonyl (C=O) groups excluding carboxylic acids is 2. The number of hydrogen-bond acceptors (Lipinski definition) is 4. The predicted octanol–water partition coefficient (Wildman–Crippen LogP) is 0.348. The van der Waals surface area contributed by atoms with Gasteiger partial charge in [-0.3, -0.25) is 9.59 Å². The fourth-order valence-corrected chi connectivity index (χ4v) is 2.14.